The van der Waals surface area contributed by atoms with Crippen LogP contribution in [-0.2, 0) is 20.1 Å². The van der Waals surface area contributed by atoms with E-state index in [-0.39, 0.29) is 11.9 Å². The summed E-state index contributed by atoms with van der Waals surface area (Å²) in [6, 6.07) is 0. The third-order valence-corrected chi connectivity index (χ3v) is 5.80. The van der Waals surface area contributed by atoms with Gasteiger partial charge in [0.15, 0.2) is 11.4 Å². The van der Waals surface area contributed by atoms with E-state index in [1.807, 2.05) is 0 Å². The summed E-state index contributed by atoms with van der Waals surface area (Å²) in [5.41, 5.74) is 0.799. The first kappa shape index (κ1) is 21.2. The number of carbonyl (C=O) groups excluding carboxylic acids is 2. The van der Waals surface area contributed by atoms with Crippen LogP contribution >= 0.6 is 54.5 Å². The van der Waals surface area contributed by atoms with Gasteiger partial charge in [-0.15, -0.1) is 22.7 Å². The fourth-order valence-electron chi connectivity index (χ4n) is 1.34. The van der Waals surface area contributed by atoms with Gasteiger partial charge in [0.1, 0.15) is 10.0 Å². The Balaban J connectivity index is 0.000000240. The number of hydrogen-bond acceptors (Lipinski definition) is 8. The van der Waals surface area contributed by atoms with Gasteiger partial charge in [0.2, 0.25) is 0 Å². The van der Waals surface area contributed by atoms with Crippen LogP contribution < -0.4 is 0 Å². The van der Waals surface area contributed by atoms with Gasteiger partial charge in [0.25, 0.3) is 0 Å². The standard InChI is InChI=1S/2C7H8BrNO2S/c2*1-2-11-7(10)5-4-12-6(3-8)9-5/h2*4H,2-3H2,1H3. The zero-order valence-corrected chi connectivity index (χ0v) is 17.9. The summed E-state index contributed by atoms with van der Waals surface area (Å²) in [6.45, 7) is 4.32. The predicted molar refractivity (Wildman–Crippen MR) is 101 cm³/mol. The van der Waals surface area contributed by atoms with Crippen molar-refractivity contribution in [2.24, 2.45) is 0 Å². The summed E-state index contributed by atoms with van der Waals surface area (Å²) in [5, 5.41) is 6.54. The van der Waals surface area contributed by atoms with Crippen LogP contribution in [0.3, 0.4) is 0 Å². The minimum absolute atomic E-state index is 0.346. The molecule has 132 valence electrons. The summed E-state index contributed by atoms with van der Waals surface area (Å²) in [6.07, 6.45) is 0. The van der Waals surface area contributed by atoms with Crippen molar-refractivity contribution >= 4 is 66.5 Å². The number of rotatable bonds is 6. The van der Waals surface area contributed by atoms with Crippen LogP contribution in [0.2, 0.25) is 0 Å². The Hall–Kier alpha value is -0.840. The van der Waals surface area contributed by atoms with Crippen LogP contribution in [0.25, 0.3) is 0 Å². The number of thiazole rings is 2. The lowest BCUT2D eigenvalue weighted by molar-refractivity contribution is 0.0511. The molecule has 0 atom stereocenters. The molecule has 0 N–H and O–H groups in total. The summed E-state index contributed by atoms with van der Waals surface area (Å²) in [4.78, 5) is 30.2. The molecule has 0 aliphatic carbocycles. The molecule has 24 heavy (non-hydrogen) atoms. The maximum absolute atomic E-state index is 11.1. The van der Waals surface area contributed by atoms with E-state index in [0.717, 1.165) is 10.0 Å². The van der Waals surface area contributed by atoms with Gasteiger partial charge in [-0.2, -0.15) is 0 Å². The van der Waals surface area contributed by atoms with Crippen molar-refractivity contribution in [3.8, 4) is 0 Å². The molecule has 0 fully saturated rings. The van der Waals surface area contributed by atoms with E-state index in [1.54, 1.807) is 24.6 Å². The molecule has 2 heterocycles. The van der Waals surface area contributed by atoms with Crippen LogP contribution in [0.5, 0.6) is 0 Å². The summed E-state index contributed by atoms with van der Waals surface area (Å²) < 4.78 is 9.55. The number of alkyl halides is 2. The fraction of sp³-hybridized carbons (Fsp3) is 0.429. The van der Waals surface area contributed by atoms with Crippen molar-refractivity contribution in [3.63, 3.8) is 0 Å². The van der Waals surface area contributed by atoms with Gasteiger partial charge >= 0.3 is 11.9 Å². The van der Waals surface area contributed by atoms with Crippen molar-refractivity contribution in [2.45, 2.75) is 24.5 Å². The summed E-state index contributed by atoms with van der Waals surface area (Å²) in [5.74, 6) is -0.693. The Morgan fingerprint density at radius 3 is 1.54 bits per heavy atom. The van der Waals surface area contributed by atoms with Gasteiger partial charge in [-0.1, -0.05) is 31.9 Å². The molecule has 0 spiro atoms. The second-order valence-electron chi connectivity index (χ2n) is 3.96. The molecule has 0 radical (unpaired) electrons. The van der Waals surface area contributed by atoms with Gasteiger partial charge in [-0.25, -0.2) is 19.6 Å². The number of esters is 2. The number of aromatic nitrogens is 2. The largest absolute Gasteiger partial charge is 0.461 e. The van der Waals surface area contributed by atoms with Crippen molar-refractivity contribution in [2.75, 3.05) is 13.2 Å². The van der Waals surface area contributed by atoms with E-state index in [2.05, 4.69) is 41.8 Å². The van der Waals surface area contributed by atoms with Crippen molar-refractivity contribution in [1.82, 2.24) is 9.97 Å². The highest BCUT2D eigenvalue weighted by Gasteiger charge is 2.11. The Morgan fingerprint density at radius 1 is 0.917 bits per heavy atom. The topological polar surface area (TPSA) is 78.4 Å². The Kier molecular flexibility index (Phi) is 10.3. The van der Waals surface area contributed by atoms with Crippen LogP contribution in [0, 0.1) is 0 Å². The quantitative estimate of drug-likeness (QED) is 0.432. The van der Waals surface area contributed by atoms with Crippen LogP contribution in [0.1, 0.15) is 44.8 Å². The number of halogens is 2. The highest BCUT2D eigenvalue weighted by Crippen LogP contribution is 2.14. The minimum atomic E-state index is -0.346. The monoisotopic (exact) mass is 498 g/mol. The lowest BCUT2D eigenvalue weighted by Crippen LogP contribution is -2.04. The molecule has 0 aliphatic rings. The third kappa shape index (κ3) is 6.96. The number of carbonyl (C=O) groups is 2. The number of hydrogen-bond donors (Lipinski definition) is 0. The third-order valence-electron chi connectivity index (χ3n) is 2.30. The highest BCUT2D eigenvalue weighted by molar-refractivity contribution is 9.08. The summed E-state index contributed by atoms with van der Waals surface area (Å²) >= 11 is 9.40. The molecule has 0 saturated carbocycles. The first-order chi connectivity index (χ1) is 11.5. The average Bonchev–Trinajstić information content (AvgIpc) is 3.25. The second kappa shape index (κ2) is 11.7. The van der Waals surface area contributed by atoms with E-state index in [9.17, 15) is 9.59 Å². The first-order valence-electron chi connectivity index (χ1n) is 6.90. The zero-order chi connectivity index (χ0) is 17.9. The van der Waals surface area contributed by atoms with Crippen LogP contribution in [0.4, 0.5) is 0 Å². The molecule has 0 bridgehead atoms. The normalized spacial score (nSPS) is 9.83. The molecule has 6 nitrogen and oxygen atoms in total. The Bertz CT molecular complexity index is 605. The molecule has 2 rings (SSSR count). The first-order valence-corrected chi connectivity index (χ1v) is 10.9. The van der Waals surface area contributed by atoms with Gasteiger partial charge in [0.05, 0.1) is 23.9 Å². The van der Waals surface area contributed by atoms with E-state index >= 15 is 0 Å². The van der Waals surface area contributed by atoms with E-state index < -0.39 is 0 Å². The molecular formula is C14H16Br2N2O4S2. The van der Waals surface area contributed by atoms with Crippen molar-refractivity contribution in [3.05, 3.63) is 32.2 Å². The predicted octanol–water partition coefficient (Wildman–Crippen LogP) is 4.43. The molecule has 0 aliphatic heterocycles. The lowest BCUT2D eigenvalue weighted by Gasteiger charge is -1.95. The van der Waals surface area contributed by atoms with Crippen molar-refractivity contribution < 1.29 is 19.1 Å². The van der Waals surface area contributed by atoms with E-state index in [1.165, 1.54) is 22.7 Å². The van der Waals surface area contributed by atoms with Crippen LogP contribution in [0.15, 0.2) is 10.8 Å². The maximum atomic E-state index is 11.1. The molecule has 0 amide bonds. The average molecular weight is 500 g/mol. The SMILES string of the molecule is CCOC(=O)c1csc(CBr)n1.CCOC(=O)c1csc(CBr)n1. The van der Waals surface area contributed by atoms with Gasteiger partial charge < -0.3 is 9.47 Å². The highest BCUT2D eigenvalue weighted by atomic mass is 79.9. The molecule has 0 aromatic carbocycles. The fourth-order valence-corrected chi connectivity index (χ4v) is 3.61. The Morgan fingerprint density at radius 2 is 1.29 bits per heavy atom. The zero-order valence-electron chi connectivity index (χ0n) is 13.1. The lowest BCUT2D eigenvalue weighted by atomic mass is 10.5. The smallest absolute Gasteiger partial charge is 0.357 e. The van der Waals surface area contributed by atoms with E-state index in [0.29, 0.717) is 35.3 Å². The molecule has 2 aromatic heterocycles. The van der Waals surface area contributed by atoms with Crippen molar-refractivity contribution in [1.29, 1.82) is 0 Å². The van der Waals surface area contributed by atoms with E-state index in [4.69, 9.17) is 9.47 Å². The molecule has 10 heteroatoms. The second-order valence-corrected chi connectivity index (χ2v) is 6.97. The molecule has 0 saturated heterocycles. The summed E-state index contributed by atoms with van der Waals surface area (Å²) in [7, 11) is 0. The Labute approximate surface area is 164 Å². The van der Waals surface area contributed by atoms with Gasteiger partial charge in [-0.3, -0.25) is 0 Å². The molecule has 0 unspecified atom stereocenters. The van der Waals surface area contributed by atoms with Gasteiger partial charge in [-0.05, 0) is 13.8 Å². The molecule has 2 aromatic rings. The number of nitrogens with zero attached hydrogens (tertiary/aromatic N) is 2. The molecular weight excluding hydrogens is 484 g/mol. The number of ether oxygens (including phenoxy) is 2. The minimum Gasteiger partial charge on any atom is -0.461 e. The van der Waals surface area contributed by atoms with Gasteiger partial charge in [0, 0.05) is 10.8 Å². The van der Waals surface area contributed by atoms with Crippen LogP contribution in [-0.4, -0.2) is 35.1 Å². The maximum Gasteiger partial charge on any atom is 0.357 e.